The zero-order valence-corrected chi connectivity index (χ0v) is 9.87. The van der Waals surface area contributed by atoms with Gasteiger partial charge in [0, 0.05) is 18.7 Å². The van der Waals surface area contributed by atoms with Crippen LogP contribution in [0.1, 0.15) is 5.56 Å². The van der Waals surface area contributed by atoms with E-state index < -0.39 is 23.4 Å². The molecule has 0 aliphatic rings. The first-order chi connectivity index (χ1) is 8.99. The molecule has 102 valence electrons. The van der Waals surface area contributed by atoms with E-state index in [1.165, 1.54) is 24.3 Å². The van der Waals surface area contributed by atoms with E-state index >= 15 is 0 Å². The average molecular weight is 268 g/mol. The number of nitrogens with zero attached hydrogens (tertiary/aromatic N) is 1. The van der Waals surface area contributed by atoms with E-state index in [1.54, 1.807) is 0 Å². The monoisotopic (exact) mass is 268 g/mol. The number of carboxylic acid groups (broad SMARTS) is 1. The van der Waals surface area contributed by atoms with Gasteiger partial charge in [0.05, 0.1) is 4.92 Å². The second-order valence-electron chi connectivity index (χ2n) is 3.59. The van der Waals surface area contributed by atoms with Gasteiger partial charge in [-0.15, -0.1) is 0 Å². The SMILES string of the molecule is O=C(O)COCC(=O)NCc1ccc([N+](=O)[O-])cc1. The zero-order chi connectivity index (χ0) is 14.3. The number of nitrogens with one attached hydrogen (secondary N) is 1. The normalized spacial score (nSPS) is 9.89. The van der Waals surface area contributed by atoms with Crippen LogP contribution >= 0.6 is 0 Å². The number of hydrogen-bond acceptors (Lipinski definition) is 5. The van der Waals surface area contributed by atoms with Crippen molar-refractivity contribution >= 4 is 17.6 Å². The van der Waals surface area contributed by atoms with Crippen LogP contribution in [-0.2, 0) is 20.9 Å². The number of nitro benzene ring substituents is 1. The predicted molar refractivity (Wildman–Crippen MR) is 63.4 cm³/mol. The second-order valence-corrected chi connectivity index (χ2v) is 3.59. The molecule has 1 aromatic carbocycles. The number of benzene rings is 1. The van der Waals surface area contributed by atoms with Gasteiger partial charge in [0.15, 0.2) is 0 Å². The smallest absolute Gasteiger partial charge is 0.329 e. The maximum atomic E-state index is 11.2. The van der Waals surface area contributed by atoms with Crippen LogP contribution in [-0.4, -0.2) is 35.1 Å². The number of carbonyl (C=O) groups is 2. The first kappa shape index (κ1) is 14.6. The van der Waals surface area contributed by atoms with E-state index in [4.69, 9.17) is 5.11 Å². The molecule has 1 rings (SSSR count). The van der Waals surface area contributed by atoms with Crippen LogP contribution in [0.3, 0.4) is 0 Å². The lowest BCUT2D eigenvalue weighted by Crippen LogP contribution is -2.28. The highest BCUT2D eigenvalue weighted by molar-refractivity contribution is 5.77. The van der Waals surface area contributed by atoms with E-state index in [2.05, 4.69) is 10.1 Å². The minimum Gasteiger partial charge on any atom is -0.480 e. The van der Waals surface area contributed by atoms with Crippen LogP contribution in [0.2, 0.25) is 0 Å². The van der Waals surface area contributed by atoms with Crippen molar-refractivity contribution in [3.63, 3.8) is 0 Å². The van der Waals surface area contributed by atoms with Crippen molar-refractivity contribution in [1.29, 1.82) is 0 Å². The Morgan fingerprint density at radius 1 is 1.26 bits per heavy atom. The van der Waals surface area contributed by atoms with Gasteiger partial charge in [0.1, 0.15) is 13.2 Å². The zero-order valence-electron chi connectivity index (χ0n) is 9.87. The molecule has 0 heterocycles. The van der Waals surface area contributed by atoms with Gasteiger partial charge >= 0.3 is 5.97 Å². The maximum Gasteiger partial charge on any atom is 0.329 e. The number of carbonyl (C=O) groups excluding carboxylic acids is 1. The van der Waals surface area contributed by atoms with Crippen molar-refractivity contribution in [3.05, 3.63) is 39.9 Å². The summed E-state index contributed by atoms with van der Waals surface area (Å²) in [5, 5.41) is 21.2. The molecule has 0 aliphatic carbocycles. The highest BCUT2D eigenvalue weighted by atomic mass is 16.6. The van der Waals surface area contributed by atoms with Crippen LogP contribution in [0, 0.1) is 10.1 Å². The Morgan fingerprint density at radius 2 is 1.89 bits per heavy atom. The fourth-order valence-electron chi connectivity index (χ4n) is 1.22. The largest absolute Gasteiger partial charge is 0.480 e. The third kappa shape index (κ3) is 5.59. The van der Waals surface area contributed by atoms with Crippen molar-refractivity contribution in [3.8, 4) is 0 Å². The number of hydrogen-bond donors (Lipinski definition) is 2. The van der Waals surface area contributed by atoms with Gasteiger partial charge in [-0.1, -0.05) is 12.1 Å². The molecule has 0 aliphatic heterocycles. The predicted octanol–water partition coefficient (Wildman–Crippen LogP) is 0.312. The molecule has 0 bridgehead atoms. The minimum atomic E-state index is -1.15. The lowest BCUT2D eigenvalue weighted by Gasteiger charge is -2.05. The molecule has 19 heavy (non-hydrogen) atoms. The van der Waals surface area contributed by atoms with Gasteiger partial charge in [0.25, 0.3) is 5.69 Å². The van der Waals surface area contributed by atoms with Gasteiger partial charge in [-0.3, -0.25) is 14.9 Å². The third-order valence-corrected chi connectivity index (χ3v) is 2.10. The summed E-state index contributed by atoms with van der Waals surface area (Å²) in [6.07, 6.45) is 0. The van der Waals surface area contributed by atoms with Crippen LogP contribution in [0.25, 0.3) is 0 Å². The molecule has 8 nitrogen and oxygen atoms in total. The Kier molecular flexibility index (Phi) is 5.42. The van der Waals surface area contributed by atoms with Crippen LogP contribution in [0.4, 0.5) is 5.69 Å². The first-order valence-corrected chi connectivity index (χ1v) is 5.28. The number of aliphatic carboxylic acids is 1. The fraction of sp³-hybridized carbons (Fsp3) is 0.273. The summed E-state index contributed by atoms with van der Waals surface area (Å²) in [4.78, 5) is 31.3. The van der Waals surface area contributed by atoms with Gasteiger partial charge < -0.3 is 15.2 Å². The van der Waals surface area contributed by atoms with E-state index in [1.807, 2.05) is 0 Å². The van der Waals surface area contributed by atoms with Crippen molar-refractivity contribution in [2.45, 2.75) is 6.54 Å². The molecule has 0 saturated carbocycles. The Bertz CT molecular complexity index is 471. The summed E-state index contributed by atoms with van der Waals surface area (Å²) in [6.45, 7) is -0.697. The molecule has 0 saturated heterocycles. The molecule has 8 heteroatoms. The molecular weight excluding hydrogens is 256 g/mol. The van der Waals surface area contributed by atoms with Gasteiger partial charge in [-0.05, 0) is 5.56 Å². The Balaban J connectivity index is 2.33. The van der Waals surface area contributed by atoms with Crippen LogP contribution in [0.15, 0.2) is 24.3 Å². The van der Waals surface area contributed by atoms with E-state index in [9.17, 15) is 19.7 Å². The standard InChI is InChI=1S/C11H12N2O6/c14-10(6-19-7-11(15)16)12-5-8-1-3-9(4-2-8)13(17)18/h1-4H,5-7H2,(H,12,14)(H,15,16). The highest BCUT2D eigenvalue weighted by Gasteiger charge is 2.06. The number of non-ortho nitro benzene ring substituents is 1. The Morgan fingerprint density at radius 3 is 2.42 bits per heavy atom. The topological polar surface area (TPSA) is 119 Å². The number of ether oxygens (including phenoxy) is 1. The summed E-state index contributed by atoms with van der Waals surface area (Å²) in [7, 11) is 0. The van der Waals surface area contributed by atoms with Crippen molar-refractivity contribution in [1.82, 2.24) is 5.32 Å². The highest BCUT2D eigenvalue weighted by Crippen LogP contribution is 2.11. The van der Waals surface area contributed by atoms with Crippen LogP contribution < -0.4 is 5.32 Å². The number of rotatable bonds is 7. The van der Waals surface area contributed by atoms with E-state index in [-0.39, 0.29) is 18.8 Å². The van der Waals surface area contributed by atoms with Gasteiger partial charge in [0.2, 0.25) is 5.91 Å². The fourth-order valence-corrected chi connectivity index (χ4v) is 1.22. The molecule has 0 spiro atoms. The first-order valence-electron chi connectivity index (χ1n) is 5.28. The summed E-state index contributed by atoms with van der Waals surface area (Å²) in [5.41, 5.74) is 0.664. The molecule has 0 radical (unpaired) electrons. The van der Waals surface area contributed by atoms with Crippen molar-refractivity contribution in [2.75, 3.05) is 13.2 Å². The summed E-state index contributed by atoms with van der Waals surface area (Å²) in [6, 6.07) is 5.72. The van der Waals surface area contributed by atoms with E-state index in [0.29, 0.717) is 5.56 Å². The Hall–Kier alpha value is -2.48. The molecule has 1 amide bonds. The summed E-state index contributed by atoms with van der Waals surface area (Å²) in [5.74, 6) is -1.61. The molecule has 2 N–H and O–H groups in total. The number of nitro groups is 1. The minimum absolute atomic E-state index is 0.0279. The quantitative estimate of drug-likeness (QED) is 0.542. The number of amides is 1. The average Bonchev–Trinajstić information content (AvgIpc) is 2.36. The molecule has 1 aromatic rings. The molecular formula is C11H12N2O6. The van der Waals surface area contributed by atoms with Gasteiger partial charge in [-0.2, -0.15) is 0 Å². The third-order valence-electron chi connectivity index (χ3n) is 2.10. The maximum absolute atomic E-state index is 11.2. The second kappa shape index (κ2) is 7.07. The lowest BCUT2D eigenvalue weighted by atomic mass is 10.2. The molecule has 0 atom stereocenters. The molecule has 0 aromatic heterocycles. The Labute approximate surface area is 108 Å². The lowest BCUT2D eigenvalue weighted by molar-refractivity contribution is -0.384. The van der Waals surface area contributed by atoms with Gasteiger partial charge in [-0.25, -0.2) is 4.79 Å². The van der Waals surface area contributed by atoms with Crippen molar-refractivity contribution in [2.24, 2.45) is 0 Å². The van der Waals surface area contributed by atoms with Crippen LogP contribution in [0.5, 0.6) is 0 Å². The summed E-state index contributed by atoms with van der Waals surface area (Å²) < 4.78 is 4.59. The van der Waals surface area contributed by atoms with E-state index in [0.717, 1.165) is 0 Å². The molecule has 0 fully saturated rings. The number of carboxylic acids is 1. The van der Waals surface area contributed by atoms with Crippen molar-refractivity contribution < 1.29 is 24.4 Å². The summed E-state index contributed by atoms with van der Waals surface area (Å²) >= 11 is 0. The molecule has 0 unspecified atom stereocenters.